The van der Waals surface area contributed by atoms with Crippen molar-refractivity contribution < 1.29 is 19.5 Å². The quantitative estimate of drug-likeness (QED) is 0.348. The number of hydrogen-bond acceptors (Lipinski definition) is 6. The minimum atomic E-state index is -1.22. The molecule has 0 aliphatic carbocycles. The van der Waals surface area contributed by atoms with E-state index < -0.39 is 35.9 Å². The molecule has 0 saturated carbocycles. The Labute approximate surface area is 166 Å². The van der Waals surface area contributed by atoms with Gasteiger partial charge in [-0.2, -0.15) is 0 Å². The fraction of sp³-hybridized carbons (Fsp3) is 0.550. The van der Waals surface area contributed by atoms with Gasteiger partial charge in [-0.15, -0.1) is 0 Å². The summed E-state index contributed by atoms with van der Waals surface area (Å²) in [4.78, 5) is 37.6. The molecule has 7 N–H and O–H groups in total. The highest BCUT2D eigenvalue weighted by Crippen LogP contribution is 2.15. The largest absolute Gasteiger partial charge is 0.391 e. The summed E-state index contributed by atoms with van der Waals surface area (Å²) in [7, 11) is 0. The molecule has 1 rings (SSSR count). The van der Waals surface area contributed by atoms with Crippen LogP contribution in [0.5, 0.6) is 0 Å². The van der Waals surface area contributed by atoms with E-state index in [1.54, 1.807) is 38.1 Å². The number of carbonyl (C=O) groups is 3. The van der Waals surface area contributed by atoms with Crippen molar-refractivity contribution in [2.75, 3.05) is 13.1 Å². The molecular weight excluding hydrogens is 360 g/mol. The molecule has 0 heterocycles. The third kappa shape index (κ3) is 6.70. The first-order chi connectivity index (χ1) is 13.2. The zero-order valence-corrected chi connectivity index (χ0v) is 16.7. The van der Waals surface area contributed by atoms with Gasteiger partial charge in [-0.1, -0.05) is 44.2 Å². The van der Waals surface area contributed by atoms with E-state index >= 15 is 0 Å². The topological polar surface area (TPSA) is 148 Å². The molecule has 0 aromatic heterocycles. The van der Waals surface area contributed by atoms with Gasteiger partial charge in [0.25, 0.3) is 0 Å². The van der Waals surface area contributed by atoms with Crippen LogP contribution in [0.3, 0.4) is 0 Å². The van der Waals surface area contributed by atoms with Crippen LogP contribution in [-0.2, 0) is 14.4 Å². The number of nitrogens with two attached hydrogens (primary N) is 2. The lowest BCUT2D eigenvalue weighted by Gasteiger charge is -2.26. The first-order valence-corrected chi connectivity index (χ1v) is 9.50. The SMILES string of the molecule is CC(C)C(=O)[C@H](CCN)NC(=O)[C@@H](NC(=O)C(CN)c1ccccc1)[C@H](C)O. The van der Waals surface area contributed by atoms with Gasteiger partial charge in [0.05, 0.1) is 18.1 Å². The van der Waals surface area contributed by atoms with Crippen LogP contribution in [0.1, 0.15) is 38.7 Å². The van der Waals surface area contributed by atoms with Crippen molar-refractivity contribution in [1.29, 1.82) is 0 Å². The average molecular weight is 393 g/mol. The van der Waals surface area contributed by atoms with Gasteiger partial charge < -0.3 is 27.2 Å². The molecule has 0 aliphatic heterocycles. The highest BCUT2D eigenvalue weighted by atomic mass is 16.3. The number of hydrogen-bond donors (Lipinski definition) is 5. The maximum Gasteiger partial charge on any atom is 0.245 e. The predicted octanol–water partition coefficient (Wildman–Crippen LogP) is -0.347. The fourth-order valence-electron chi connectivity index (χ4n) is 2.86. The summed E-state index contributed by atoms with van der Waals surface area (Å²) in [5, 5.41) is 15.2. The van der Waals surface area contributed by atoms with Crippen LogP contribution in [0.15, 0.2) is 30.3 Å². The van der Waals surface area contributed by atoms with Crippen molar-refractivity contribution in [3.05, 3.63) is 35.9 Å². The maximum atomic E-state index is 12.7. The van der Waals surface area contributed by atoms with Crippen molar-refractivity contribution in [2.45, 2.75) is 51.3 Å². The monoisotopic (exact) mass is 392 g/mol. The summed E-state index contributed by atoms with van der Waals surface area (Å²) in [6.07, 6.45) is -0.885. The molecule has 8 nitrogen and oxygen atoms in total. The highest BCUT2D eigenvalue weighted by molar-refractivity contribution is 5.94. The normalized spacial score (nSPS) is 15.4. The van der Waals surface area contributed by atoms with Crippen LogP contribution >= 0.6 is 0 Å². The Balaban J connectivity index is 2.92. The van der Waals surface area contributed by atoms with Crippen LogP contribution in [-0.4, -0.2) is 54.0 Å². The van der Waals surface area contributed by atoms with E-state index in [2.05, 4.69) is 10.6 Å². The Morgan fingerprint density at radius 3 is 2.07 bits per heavy atom. The van der Waals surface area contributed by atoms with Crippen LogP contribution in [0, 0.1) is 5.92 Å². The summed E-state index contributed by atoms with van der Waals surface area (Å²) in [5.41, 5.74) is 12.0. The summed E-state index contributed by atoms with van der Waals surface area (Å²) in [5.74, 6) is -2.21. The number of rotatable bonds is 11. The van der Waals surface area contributed by atoms with E-state index in [0.29, 0.717) is 5.56 Å². The molecule has 1 unspecified atom stereocenters. The second-order valence-corrected chi connectivity index (χ2v) is 7.12. The summed E-state index contributed by atoms with van der Waals surface area (Å²) < 4.78 is 0. The van der Waals surface area contributed by atoms with Gasteiger partial charge in [0.1, 0.15) is 6.04 Å². The number of benzene rings is 1. The number of nitrogens with one attached hydrogen (secondary N) is 2. The van der Waals surface area contributed by atoms with E-state index in [0.717, 1.165) is 0 Å². The molecule has 2 amide bonds. The molecule has 0 spiro atoms. The molecule has 4 atom stereocenters. The highest BCUT2D eigenvalue weighted by Gasteiger charge is 2.32. The fourth-order valence-corrected chi connectivity index (χ4v) is 2.86. The zero-order valence-electron chi connectivity index (χ0n) is 16.7. The minimum absolute atomic E-state index is 0.0473. The molecule has 8 heteroatoms. The van der Waals surface area contributed by atoms with Crippen LogP contribution in [0.25, 0.3) is 0 Å². The van der Waals surface area contributed by atoms with Gasteiger partial charge >= 0.3 is 0 Å². The minimum Gasteiger partial charge on any atom is -0.391 e. The van der Waals surface area contributed by atoms with Gasteiger partial charge in [-0.05, 0) is 25.5 Å². The first kappa shape index (κ1) is 23.7. The van der Waals surface area contributed by atoms with Crippen molar-refractivity contribution in [2.24, 2.45) is 17.4 Å². The number of amides is 2. The second-order valence-electron chi connectivity index (χ2n) is 7.12. The lowest BCUT2D eigenvalue weighted by molar-refractivity contribution is -0.134. The smallest absolute Gasteiger partial charge is 0.245 e. The molecule has 0 fully saturated rings. The summed E-state index contributed by atoms with van der Waals surface area (Å²) in [6.45, 7) is 5.13. The van der Waals surface area contributed by atoms with E-state index in [4.69, 9.17) is 11.5 Å². The van der Waals surface area contributed by atoms with Crippen LogP contribution in [0.4, 0.5) is 0 Å². The molecule has 0 aliphatic rings. The molecule has 0 radical (unpaired) electrons. The average Bonchev–Trinajstić information content (AvgIpc) is 2.66. The maximum absolute atomic E-state index is 12.7. The number of carbonyl (C=O) groups excluding carboxylic acids is 3. The molecule has 156 valence electrons. The lowest BCUT2D eigenvalue weighted by Crippen LogP contribution is -2.57. The summed E-state index contributed by atoms with van der Waals surface area (Å²) in [6, 6.07) is 6.96. The number of aliphatic hydroxyl groups excluding tert-OH is 1. The van der Waals surface area contributed by atoms with Crippen LogP contribution in [0.2, 0.25) is 0 Å². The summed E-state index contributed by atoms with van der Waals surface area (Å²) >= 11 is 0. The Bertz CT molecular complexity index is 649. The Kier molecular flexibility index (Phi) is 9.78. The Hall–Kier alpha value is -2.29. The number of ketones is 1. The Morgan fingerprint density at radius 2 is 1.61 bits per heavy atom. The first-order valence-electron chi connectivity index (χ1n) is 9.50. The molecule has 28 heavy (non-hydrogen) atoms. The third-order valence-corrected chi connectivity index (χ3v) is 4.50. The van der Waals surface area contributed by atoms with Gasteiger partial charge in [-0.3, -0.25) is 14.4 Å². The predicted molar refractivity (Wildman–Crippen MR) is 107 cm³/mol. The number of Topliss-reactive ketones (excluding diaryl/α,β-unsaturated/α-hetero) is 1. The van der Waals surface area contributed by atoms with Crippen LogP contribution < -0.4 is 22.1 Å². The van der Waals surface area contributed by atoms with Gasteiger partial charge in [-0.25, -0.2) is 0 Å². The molecular formula is C20H32N4O4. The molecule has 0 bridgehead atoms. The third-order valence-electron chi connectivity index (χ3n) is 4.50. The van der Waals surface area contributed by atoms with Crippen molar-refractivity contribution in [1.82, 2.24) is 10.6 Å². The van der Waals surface area contributed by atoms with E-state index in [-0.39, 0.29) is 31.2 Å². The number of aliphatic hydroxyl groups is 1. The van der Waals surface area contributed by atoms with Crippen molar-refractivity contribution in [3.63, 3.8) is 0 Å². The Morgan fingerprint density at radius 1 is 1.00 bits per heavy atom. The van der Waals surface area contributed by atoms with Gasteiger partial charge in [0.15, 0.2) is 5.78 Å². The van der Waals surface area contributed by atoms with Gasteiger partial charge in [0, 0.05) is 12.5 Å². The van der Waals surface area contributed by atoms with Gasteiger partial charge in [0.2, 0.25) is 11.8 Å². The molecule has 1 aromatic rings. The van der Waals surface area contributed by atoms with Crippen molar-refractivity contribution >= 4 is 17.6 Å². The molecule has 1 aromatic carbocycles. The van der Waals surface area contributed by atoms with Crippen molar-refractivity contribution in [3.8, 4) is 0 Å². The van der Waals surface area contributed by atoms with E-state index in [1.165, 1.54) is 6.92 Å². The zero-order chi connectivity index (χ0) is 21.3. The second kappa shape index (κ2) is 11.5. The lowest BCUT2D eigenvalue weighted by atomic mass is 9.97. The standard InChI is InChI=1S/C20H32N4O4/c1-12(2)18(26)16(9-10-21)23-20(28)17(13(3)25)24-19(27)15(11-22)14-7-5-4-6-8-14/h4-8,12-13,15-17,25H,9-11,21-22H2,1-3H3,(H,23,28)(H,24,27)/t13-,15?,16-,17-/m0/s1. The van der Waals surface area contributed by atoms with E-state index in [9.17, 15) is 19.5 Å². The van der Waals surface area contributed by atoms with E-state index in [1.807, 2.05) is 6.07 Å². The molecule has 0 saturated heterocycles.